The van der Waals surface area contributed by atoms with E-state index in [0.29, 0.717) is 30.4 Å². The molecule has 2 aromatic carbocycles. The summed E-state index contributed by atoms with van der Waals surface area (Å²) in [4.78, 5) is 20.5. The van der Waals surface area contributed by atoms with E-state index < -0.39 is 0 Å². The molecule has 1 saturated heterocycles. The zero-order valence-corrected chi connectivity index (χ0v) is 21.5. The number of aromatic nitrogens is 1. The van der Waals surface area contributed by atoms with Crippen molar-refractivity contribution in [3.8, 4) is 5.75 Å². The maximum absolute atomic E-state index is 13.0. The molecule has 0 aliphatic carbocycles. The average molecular weight is 495 g/mol. The van der Waals surface area contributed by atoms with Crippen molar-refractivity contribution in [1.29, 1.82) is 0 Å². The Morgan fingerprint density at radius 3 is 2.63 bits per heavy atom. The molecule has 0 saturated carbocycles. The fraction of sp³-hybridized carbons (Fsp3) is 0.407. The van der Waals surface area contributed by atoms with Crippen LogP contribution in [-0.2, 0) is 11.3 Å². The summed E-state index contributed by atoms with van der Waals surface area (Å²) in [5.74, 6) is 0.821. The van der Waals surface area contributed by atoms with Gasteiger partial charge in [-0.05, 0) is 80.5 Å². The second-order valence-corrected chi connectivity index (χ2v) is 9.32. The lowest BCUT2D eigenvalue weighted by Crippen LogP contribution is -2.44. The smallest absolute Gasteiger partial charge is 0.253 e. The Kier molecular flexibility index (Phi) is 8.38. The Balaban J connectivity index is 1.55. The third-order valence-electron chi connectivity index (χ3n) is 6.24. The molecule has 1 aliphatic rings. The zero-order chi connectivity index (χ0) is 24.8. The molecule has 1 aliphatic heterocycles. The summed E-state index contributed by atoms with van der Waals surface area (Å²) in [6.07, 6.45) is 0. The van der Waals surface area contributed by atoms with Gasteiger partial charge in [0.1, 0.15) is 5.75 Å². The summed E-state index contributed by atoms with van der Waals surface area (Å²) in [6, 6.07) is 13.9. The molecule has 2 N–H and O–H groups in total. The Bertz CT molecular complexity index is 1220. The molecular formula is C27H34N4O3S. The van der Waals surface area contributed by atoms with Crippen LogP contribution in [0.3, 0.4) is 0 Å². The lowest BCUT2D eigenvalue weighted by molar-refractivity contribution is 0.0358. The molecule has 0 spiro atoms. The van der Waals surface area contributed by atoms with Crippen molar-refractivity contribution in [3.63, 3.8) is 0 Å². The summed E-state index contributed by atoms with van der Waals surface area (Å²) in [5.41, 5.74) is 4.64. The number of nitrogens with one attached hydrogen (secondary N) is 2. The van der Waals surface area contributed by atoms with Crippen LogP contribution >= 0.6 is 12.2 Å². The van der Waals surface area contributed by atoms with Crippen molar-refractivity contribution in [2.24, 2.45) is 0 Å². The van der Waals surface area contributed by atoms with E-state index in [1.54, 1.807) is 0 Å². The van der Waals surface area contributed by atoms with Crippen LogP contribution in [0.4, 0.5) is 5.69 Å². The zero-order valence-electron chi connectivity index (χ0n) is 20.7. The number of hydrogen-bond acceptors (Lipinski definition) is 5. The number of thiocarbonyl (C=S) groups is 1. The summed E-state index contributed by atoms with van der Waals surface area (Å²) in [6.45, 7) is 12.0. The normalized spacial score (nSPS) is 14.1. The number of pyridine rings is 1. The van der Waals surface area contributed by atoms with Crippen LogP contribution < -0.4 is 15.6 Å². The number of fused-ring (bicyclic) bond motifs is 1. The van der Waals surface area contributed by atoms with Crippen molar-refractivity contribution < 1.29 is 9.47 Å². The van der Waals surface area contributed by atoms with E-state index in [2.05, 4.69) is 33.1 Å². The standard InChI is InChI=1S/C27H34N4O3S/c1-4-34-23-7-5-22(6-8-23)28-27(35)31(10-9-30-11-13-33-14-12-30)18-21-17-24-20(3)15-19(2)16-25(24)29-26(21)32/h5-8,15-17H,4,9-14,18H2,1-3H3,(H,28,35)(H,29,32). The molecule has 1 aromatic heterocycles. The topological polar surface area (TPSA) is 69.8 Å². The van der Waals surface area contributed by atoms with Gasteiger partial charge in [-0.15, -0.1) is 0 Å². The van der Waals surface area contributed by atoms with Gasteiger partial charge in [0.2, 0.25) is 0 Å². The van der Waals surface area contributed by atoms with Gasteiger partial charge in [0.25, 0.3) is 5.56 Å². The fourth-order valence-electron chi connectivity index (χ4n) is 4.38. The number of benzene rings is 2. The highest BCUT2D eigenvalue weighted by molar-refractivity contribution is 7.80. The van der Waals surface area contributed by atoms with Crippen LogP contribution in [0.2, 0.25) is 0 Å². The van der Waals surface area contributed by atoms with Crippen LogP contribution in [0.25, 0.3) is 10.9 Å². The Hall–Kier alpha value is -2.94. The van der Waals surface area contributed by atoms with E-state index in [0.717, 1.165) is 66.3 Å². The van der Waals surface area contributed by atoms with Gasteiger partial charge in [-0.1, -0.05) is 6.07 Å². The summed E-state index contributed by atoms with van der Waals surface area (Å²) in [7, 11) is 0. The third-order valence-corrected chi connectivity index (χ3v) is 6.60. The van der Waals surface area contributed by atoms with Gasteiger partial charge in [-0.25, -0.2) is 0 Å². The molecule has 7 nitrogen and oxygen atoms in total. The number of hydrogen-bond donors (Lipinski definition) is 2. The van der Waals surface area contributed by atoms with Crippen LogP contribution in [-0.4, -0.2) is 65.9 Å². The first kappa shape index (κ1) is 25.2. The third kappa shape index (κ3) is 6.60. The van der Waals surface area contributed by atoms with Gasteiger partial charge >= 0.3 is 0 Å². The van der Waals surface area contributed by atoms with E-state index in [9.17, 15) is 4.79 Å². The van der Waals surface area contributed by atoms with Crippen LogP contribution in [0, 0.1) is 13.8 Å². The molecule has 0 unspecified atom stereocenters. The lowest BCUT2D eigenvalue weighted by atomic mass is 10.0. The first-order valence-corrected chi connectivity index (χ1v) is 12.6. The largest absolute Gasteiger partial charge is 0.494 e. The maximum atomic E-state index is 13.0. The van der Waals surface area contributed by atoms with Gasteiger partial charge in [0.15, 0.2) is 5.11 Å². The van der Waals surface area contributed by atoms with Crippen molar-refractivity contribution in [3.05, 3.63) is 69.5 Å². The Morgan fingerprint density at radius 1 is 1.17 bits per heavy atom. The monoisotopic (exact) mass is 494 g/mol. The van der Waals surface area contributed by atoms with Crippen molar-refractivity contribution >= 4 is 33.9 Å². The molecule has 3 aromatic rings. The van der Waals surface area contributed by atoms with E-state index in [1.807, 2.05) is 50.2 Å². The molecule has 8 heteroatoms. The van der Waals surface area contributed by atoms with Gasteiger partial charge in [0, 0.05) is 48.3 Å². The quantitative estimate of drug-likeness (QED) is 0.458. The first-order valence-electron chi connectivity index (χ1n) is 12.1. The Morgan fingerprint density at radius 2 is 1.91 bits per heavy atom. The number of ether oxygens (including phenoxy) is 2. The highest BCUT2D eigenvalue weighted by Crippen LogP contribution is 2.20. The second-order valence-electron chi connectivity index (χ2n) is 8.93. The first-order chi connectivity index (χ1) is 16.9. The fourth-order valence-corrected chi connectivity index (χ4v) is 4.66. The predicted molar refractivity (Wildman–Crippen MR) is 146 cm³/mol. The lowest BCUT2D eigenvalue weighted by Gasteiger charge is -2.31. The molecule has 0 amide bonds. The van der Waals surface area contributed by atoms with Gasteiger partial charge < -0.3 is 24.7 Å². The molecule has 0 atom stereocenters. The number of aryl methyl sites for hydroxylation is 2. The van der Waals surface area contributed by atoms with Crippen molar-refractivity contribution in [1.82, 2.24) is 14.8 Å². The number of H-pyrrole nitrogens is 1. The number of aromatic amines is 1. The van der Waals surface area contributed by atoms with Gasteiger partial charge in [0.05, 0.1) is 26.4 Å². The highest BCUT2D eigenvalue weighted by Gasteiger charge is 2.17. The minimum absolute atomic E-state index is 0.0808. The molecular weight excluding hydrogens is 460 g/mol. The Labute approximate surface area is 212 Å². The molecule has 2 heterocycles. The number of nitrogens with zero attached hydrogens (tertiary/aromatic N) is 2. The van der Waals surface area contributed by atoms with E-state index in [-0.39, 0.29) is 5.56 Å². The summed E-state index contributed by atoms with van der Waals surface area (Å²) >= 11 is 5.82. The van der Waals surface area contributed by atoms with Crippen molar-refractivity contribution in [2.75, 3.05) is 51.3 Å². The molecule has 1 fully saturated rings. The summed E-state index contributed by atoms with van der Waals surface area (Å²) in [5, 5.41) is 4.99. The second kappa shape index (κ2) is 11.7. The van der Waals surface area contributed by atoms with Crippen molar-refractivity contribution in [2.45, 2.75) is 27.3 Å². The predicted octanol–water partition coefficient (Wildman–Crippen LogP) is 4.07. The van der Waals surface area contributed by atoms with E-state index in [4.69, 9.17) is 21.7 Å². The number of anilines is 1. The maximum Gasteiger partial charge on any atom is 0.253 e. The molecule has 186 valence electrons. The molecule has 0 bridgehead atoms. The molecule has 4 rings (SSSR count). The molecule has 35 heavy (non-hydrogen) atoms. The van der Waals surface area contributed by atoms with Crippen LogP contribution in [0.5, 0.6) is 5.75 Å². The number of morpholine rings is 1. The van der Waals surface area contributed by atoms with E-state index >= 15 is 0 Å². The number of rotatable bonds is 8. The SMILES string of the molecule is CCOc1ccc(NC(=S)N(CCN2CCOCC2)Cc2cc3c(C)cc(C)cc3[nH]c2=O)cc1. The van der Waals surface area contributed by atoms with Gasteiger partial charge in [-0.2, -0.15) is 0 Å². The average Bonchev–Trinajstić information content (AvgIpc) is 2.84. The minimum atomic E-state index is -0.0808. The highest BCUT2D eigenvalue weighted by atomic mass is 32.1. The molecule has 0 radical (unpaired) electrons. The van der Waals surface area contributed by atoms with Gasteiger partial charge in [-0.3, -0.25) is 9.69 Å². The van der Waals surface area contributed by atoms with Crippen LogP contribution in [0.15, 0.2) is 47.3 Å². The van der Waals surface area contributed by atoms with E-state index in [1.165, 1.54) is 0 Å². The summed E-state index contributed by atoms with van der Waals surface area (Å²) < 4.78 is 11.0. The minimum Gasteiger partial charge on any atom is -0.494 e. The van der Waals surface area contributed by atoms with Crippen LogP contribution in [0.1, 0.15) is 23.6 Å².